The molecule has 1 rings (SSSR count). The smallest absolute Gasteiger partial charge is 0.328 e. The summed E-state index contributed by atoms with van der Waals surface area (Å²) >= 11 is 0. The highest BCUT2D eigenvalue weighted by atomic mass is 16.5. The maximum atomic E-state index is 11.0. The number of carboxylic acid groups (broad SMARTS) is 1. The Hall–Kier alpha value is -2.44. The molecule has 7 nitrogen and oxygen atoms in total. The molecule has 1 amide bonds. The van der Waals surface area contributed by atoms with Crippen LogP contribution < -0.4 is 20.1 Å². The summed E-state index contributed by atoms with van der Waals surface area (Å²) in [6, 6.07) is 4.09. The van der Waals surface area contributed by atoms with Crippen molar-refractivity contribution in [1.29, 1.82) is 0 Å². The Labute approximate surface area is 116 Å². The normalized spacial score (nSPS) is 11.3. The fraction of sp³-hybridized carbons (Fsp3) is 0.385. The Bertz CT molecular complexity index is 490. The molecule has 0 heterocycles. The zero-order chi connectivity index (χ0) is 15.1. The fourth-order valence-electron chi connectivity index (χ4n) is 1.61. The standard InChI is InChI=1S/C13H18N2O5/c1-8(16)15-11(13(17)18)7-14-10-6-9(19-2)4-5-12(10)20-3/h4-6,11,14H,7H2,1-3H3,(H,15,16)(H,17,18). The van der Waals surface area contributed by atoms with Crippen molar-refractivity contribution in [2.24, 2.45) is 0 Å². The molecule has 0 spiro atoms. The van der Waals surface area contributed by atoms with E-state index in [0.717, 1.165) is 0 Å². The van der Waals surface area contributed by atoms with Gasteiger partial charge in [0, 0.05) is 19.5 Å². The monoisotopic (exact) mass is 282 g/mol. The van der Waals surface area contributed by atoms with E-state index in [2.05, 4.69) is 10.6 Å². The zero-order valence-corrected chi connectivity index (χ0v) is 11.6. The van der Waals surface area contributed by atoms with E-state index in [9.17, 15) is 9.59 Å². The number of rotatable bonds is 7. The first-order valence-electron chi connectivity index (χ1n) is 5.93. The van der Waals surface area contributed by atoms with Gasteiger partial charge in [-0.1, -0.05) is 0 Å². The third-order valence-corrected chi connectivity index (χ3v) is 2.58. The SMILES string of the molecule is COc1ccc(OC)c(NCC(NC(C)=O)C(=O)O)c1. The lowest BCUT2D eigenvalue weighted by Crippen LogP contribution is -2.44. The van der Waals surface area contributed by atoms with Crippen molar-refractivity contribution in [2.75, 3.05) is 26.1 Å². The van der Waals surface area contributed by atoms with E-state index < -0.39 is 17.9 Å². The predicted octanol–water partition coefficient (Wildman–Crippen LogP) is 0.705. The van der Waals surface area contributed by atoms with E-state index in [1.807, 2.05) is 0 Å². The highest BCUT2D eigenvalue weighted by molar-refractivity contribution is 5.82. The first-order valence-corrected chi connectivity index (χ1v) is 5.93. The summed E-state index contributed by atoms with van der Waals surface area (Å²) < 4.78 is 10.3. The minimum Gasteiger partial charge on any atom is -0.497 e. The molecule has 0 aliphatic rings. The molecule has 1 unspecified atom stereocenters. The predicted molar refractivity (Wildman–Crippen MR) is 73.3 cm³/mol. The van der Waals surface area contributed by atoms with Crippen LogP contribution in [0.3, 0.4) is 0 Å². The average Bonchev–Trinajstić information content (AvgIpc) is 2.42. The van der Waals surface area contributed by atoms with Gasteiger partial charge in [0.05, 0.1) is 19.9 Å². The number of methoxy groups -OCH3 is 2. The summed E-state index contributed by atoms with van der Waals surface area (Å²) in [6.07, 6.45) is 0. The number of carbonyl (C=O) groups is 2. The molecule has 110 valence electrons. The quantitative estimate of drug-likeness (QED) is 0.681. The number of benzene rings is 1. The maximum Gasteiger partial charge on any atom is 0.328 e. The highest BCUT2D eigenvalue weighted by Crippen LogP contribution is 2.28. The lowest BCUT2D eigenvalue weighted by molar-refractivity contribution is -0.141. The van der Waals surface area contributed by atoms with Crippen LogP contribution in [0.25, 0.3) is 0 Å². The molecule has 0 radical (unpaired) electrons. The van der Waals surface area contributed by atoms with E-state index in [1.54, 1.807) is 18.2 Å². The van der Waals surface area contributed by atoms with Gasteiger partial charge in [-0.15, -0.1) is 0 Å². The van der Waals surface area contributed by atoms with Crippen molar-refractivity contribution in [3.05, 3.63) is 18.2 Å². The number of ether oxygens (including phenoxy) is 2. The first kappa shape index (κ1) is 15.6. The second kappa shape index (κ2) is 7.22. The van der Waals surface area contributed by atoms with E-state index >= 15 is 0 Å². The van der Waals surface area contributed by atoms with Crippen molar-refractivity contribution >= 4 is 17.6 Å². The van der Waals surface area contributed by atoms with Crippen LogP contribution in [-0.4, -0.2) is 43.8 Å². The van der Waals surface area contributed by atoms with Crippen LogP contribution in [-0.2, 0) is 9.59 Å². The largest absolute Gasteiger partial charge is 0.497 e. The fourth-order valence-corrected chi connectivity index (χ4v) is 1.61. The van der Waals surface area contributed by atoms with Gasteiger partial charge in [-0.25, -0.2) is 4.79 Å². The van der Waals surface area contributed by atoms with Crippen LogP contribution in [0.5, 0.6) is 11.5 Å². The van der Waals surface area contributed by atoms with Crippen LogP contribution in [0.2, 0.25) is 0 Å². The minimum atomic E-state index is -1.12. The summed E-state index contributed by atoms with van der Waals surface area (Å²) in [5.74, 6) is -0.358. The third kappa shape index (κ3) is 4.34. The number of nitrogens with one attached hydrogen (secondary N) is 2. The molecule has 0 aliphatic carbocycles. The van der Waals surface area contributed by atoms with Crippen molar-refractivity contribution in [1.82, 2.24) is 5.32 Å². The molecule has 1 aromatic rings. The summed E-state index contributed by atoms with van der Waals surface area (Å²) in [4.78, 5) is 22.0. The van der Waals surface area contributed by atoms with Crippen LogP contribution in [0.4, 0.5) is 5.69 Å². The molecule has 0 aromatic heterocycles. The first-order chi connectivity index (χ1) is 9.47. The molecule has 0 aliphatic heterocycles. The summed E-state index contributed by atoms with van der Waals surface area (Å²) in [7, 11) is 3.04. The average molecular weight is 282 g/mol. The van der Waals surface area contributed by atoms with Gasteiger partial charge in [0.1, 0.15) is 17.5 Å². The molecule has 1 atom stereocenters. The van der Waals surface area contributed by atoms with Crippen molar-refractivity contribution < 1.29 is 24.2 Å². The lowest BCUT2D eigenvalue weighted by atomic mass is 10.2. The summed E-state index contributed by atoms with van der Waals surface area (Å²) in [6.45, 7) is 1.29. The van der Waals surface area contributed by atoms with Gasteiger partial charge in [-0.2, -0.15) is 0 Å². The second-order valence-corrected chi connectivity index (χ2v) is 4.04. The number of hydrogen-bond acceptors (Lipinski definition) is 5. The molecular formula is C13H18N2O5. The Kier molecular flexibility index (Phi) is 5.64. The maximum absolute atomic E-state index is 11.0. The summed E-state index contributed by atoms with van der Waals surface area (Å²) in [5, 5.41) is 14.3. The number of carboxylic acids is 1. The zero-order valence-electron chi connectivity index (χ0n) is 11.6. The summed E-state index contributed by atoms with van der Waals surface area (Å²) in [5.41, 5.74) is 0.587. The van der Waals surface area contributed by atoms with Gasteiger partial charge < -0.3 is 25.2 Å². The van der Waals surface area contributed by atoms with Crippen LogP contribution in [0, 0.1) is 0 Å². The Morgan fingerprint density at radius 1 is 1.30 bits per heavy atom. The second-order valence-electron chi connectivity index (χ2n) is 4.04. The molecule has 3 N–H and O–H groups in total. The molecule has 7 heteroatoms. The highest BCUT2D eigenvalue weighted by Gasteiger charge is 2.18. The molecule has 20 heavy (non-hydrogen) atoms. The molecule has 0 saturated carbocycles. The Balaban J connectivity index is 2.80. The number of amides is 1. The van der Waals surface area contributed by atoms with Crippen LogP contribution in [0.1, 0.15) is 6.92 Å². The van der Waals surface area contributed by atoms with Crippen LogP contribution >= 0.6 is 0 Å². The Morgan fingerprint density at radius 2 is 2.00 bits per heavy atom. The number of aliphatic carboxylic acids is 1. The van der Waals surface area contributed by atoms with E-state index in [-0.39, 0.29) is 6.54 Å². The van der Waals surface area contributed by atoms with Crippen LogP contribution in [0.15, 0.2) is 18.2 Å². The molecular weight excluding hydrogens is 264 g/mol. The van der Waals surface area contributed by atoms with Gasteiger partial charge >= 0.3 is 5.97 Å². The van der Waals surface area contributed by atoms with Gasteiger partial charge in [0.2, 0.25) is 5.91 Å². The van der Waals surface area contributed by atoms with Gasteiger partial charge in [-0.3, -0.25) is 4.79 Å². The Morgan fingerprint density at radius 3 is 2.50 bits per heavy atom. The number of carbonyl (C=O) groups excluding carboxylic acids is 1. The number of anilines is 1. The van der Waals surface area contributed by atoms with Crippen molar-refractivity contribution in [2.45, 2.75) is 13.0 Å². The molecule has 0 bridgehead atoms. The third-order valence-electron chi connectivity index (χ3n) is 2.58. The number of hydrogen-bond donors (Lipinski definition) is 3. The molecule has 0 fully saturated rings. The van der Waals surface area contributed by atoms with E-state index in [1.165, 1.54) is 21.1 Å². The van der Waals surface area contributed by atoms with E-state index in [0.29, 0.717) is 17.2 Å². The van der Waals surface area contributed by atoms with Gasteiger partial charge in [0.25, 0.3) is 0 Å². The van der Waals surface area contributed by atoms with E-state index in [4.69, 9.17) is 14.6 Å². The molecule has 0 saturated heterocycles. The minimum absolute atomic E-state index is 0.0262. The topological polar surface area (TPSA) is 96.9 Å². The van der Waals surface area contributed by atoms with Gasteiger partial charge in [-0.05, 0) is 12.1 Å². The lowest BCUT2D eigenvalue weighted by Gasteiger charge is -2.17. The van der Waals surface area contributed by atoms with Gasteiger partial charge in [0.15, 0.2) is 0 Å². The molecule has 1 aromatic carbocycles. The van der Waals surface area contributed by atoms with Crippen molar-refractivity contribution in [3.63, 3.8) is 0 Å². The van der Waals surface area contributed by atoms with Crippen molar-refractivity contribution in [3.8, 4) is 11.5 Å².